The van der Waals surface area contributed by atoms with E-state index in [4.69, 9.17) is 39.6 Å². The molecule has 9 atom stereocenters. The second-order valence-electron chi connectivity index (χ2n) is 19.2. The Morgan fingerprint density at radius 2 is 1.08 bits per heavy atom. The third kappa shape index (κ3) is 22.7. The minimum atomic E-state index is -1.81. The van der Waals surface area contributed by atoms with Crippen molar-refractivity contribution in [2.75, 3.05) is 24.6 Å². The van der Waals surface area contributed by atoms with E-state index in [0.717, 1.165) is 6.92 Å². The van der Waals surface area contributed by atoms with Crippen molar-refractivity contribution in [3.05, 3.63) is 70.5 Å². The number of anilines is 2. The number of aliphatic imine (C=N–C) groups is 1. The number of nitrogens with zero attached hydrogens (tertiary/aromatic N) is 3. The van der Waals surface area contributed by atoms with E-state index in [1.165, 1.54) is 62.4 Å². The number of hydrogen-bond acceptors (Lipinski definition) is 20. The van der Waals surface area contributed by atoms with Gasteiger partial charge >= 0.3 is 11.9 Å². The van der Waals surface area contributed by atoms with Gasteiger partial charge in [-0.1, -0.05) is 49.7 Å². The number of aromatic hydroxyl groups is 2. The smallest absolute Gasteiger partial charge is 0.303 e. The van der Waals surface area contributed by atoms with Crippen molar-refractivity contribution in [2.24, 2.45) is 22.4 Å². The lowest BCUT2D eigenvalue weighted by molar-refractivity contribution is -0.137. The molecule has 0 saturated carbocycles. The Labute approximate surface area is 479 Å². The zero-order valence-electron chi connectivity index (χ0n) is 45.6. The molecule has 0 fully saturated rings. The maximum absolute atomic E-state index is 14.4. The van der Waals surface area contributed by atoms with Crippen LogP contribution in [0.25, 0.3) is 0 Å². The zero-order valence-corrected chi connectivity index (χ0v) is 46.4. The number of carboxylic acids is 1. The maximum atomic E-state index is 14.4. The van der Waals surface area contributed by atoms with Crippen LogP contribution in [0.3, 0.4) is 0 Å². The van der Waals surface area contributed by atoms with Gasteiger partial charge in [0.05, 0.1) is 25.3 Å². The summed E-state index contributed by atoms with van der Waals surface area (Å²) in [5.41, 5.74) is 22.7. The van der Waals surface area contributed by atoms with E-state index >= 15 is 0 Å². The highest BCUT2D eigenvalue weighted by Crippen LogP contribution is 2.19. The number of aromatic nitrogens is 2. The van der Waals surface area contributed by atoms with Crippen molar-refractivity contribution >= 4 is 94.2 Å². The van der Waals surface area contributed by atoms with Crippen LogP contribution in [0.15, 0.2) is 53.5 Å². The number of guanidine groups is 1. The summed E-state index contributed by atoms with van der Waals surface area (Å²) in [6.07, 6.45) is -3.04. The first kappa shape index (κ1) is 68.0. The highest BCUT2D eigenvalue weighted by molar-refractivity contribution is 6.31. The van der Waals surface area contributed by atoms with Crippen LogP contribution in [0, 0.1) is 5.92 Å². The van der Waals surface area contributed by atoms with Crippen molar-refractivity contribution in [2.45, 2.75) is 121 Å². The number of phenolic OH excluding ortho intramolecular Hbond substituents is 2. The number of halogens is 1. The van der Waals surface area contributed by atoms with Crippen molar-refractivity contribution in [3.8, 4) is 11.5 Å². The first-order valence-corrected chi connectivity index (χ1v) is 25.8. The Kier molecular flexibility index (Phi) is 26.4. The van der Waals surface area contributed by atoms with Gasteiger partial charge in [0, 0.05) is 19.3 Å². The number of nitrogen functional groups attached to an aromatic ring is 2. The number of aliphatic hydroxyl groups excluding tert-OH is 2. The van der Waals surface area contributed by atoms with Crippen LogP contribution in [0.4, 0.5) is 11.6 Å². The number of hydrogen-bond donors (Lipinski definition) is 18. The van der Waals surface area contributed by atoms with Gasteiger partial charge in [0.15, 0.2) is 22.5 Å². The summed E-state index contributed by atoms with van der Waals surface area (Å²) in [4.78, 5) is 155. The standard InChI is InChI=1S/C50H69ClN16O16/c1-21(2)16-30(60-47(81)33(20-68)62-43(77)29(52)14-15-35(73)74)44(78)57-23(4)42(76)59-31(17-25-6-10-27(70)11-7-25)45(79)61-32(18-26-8-12-28(71)13-9-26)46(80)65-36(24(5)69)48(82)58-22(3)41(75)56-19-34(72)63-50(55)67-49(83)37-39(53)66-40(54)38(51)64-37/h6-13,21-24,29-33,36,68-71H,14-20,52H2,1-5H3,(H,56,75)(H,57,78)(H,58,82)(H,59,76)(H,60,81)(H,61,79)(H,62,77)(H,65,80)(H,73,74)(H4,53,54,66)(H3,55,63,67,72,83)/t22-,23+,24+,29-,30-,31-,32-,33-,36-/m0/s1. The summed E-state index contributed by atoms with van der Waals surface area (Å²) in [5, 5.41) is 70.3. The van der Waals surface area contributed by atoms with Gasteiger partial charge in [-0.05, 0) is 74.9 Å². The molecule has 0 aliphatic rings. The van der Waals surface area contributed by atoms with Gasteiger partial charge in [0.25, 0.3) is 0 Å². The molecule has 0 radical (unpaired) electrons. The molecule has 0 aliphatic heterocycles. The molecule has 0 aliphatic carbocycles. The minimum Gasteiger partial charge on any atom is -0.508 e. The Balaban J connectivity index is 1.80. The molecule has 3 aromatic rings. The Bertz CT molecular complexity index is 2880. The topological polar surface area (TPSA) is 539 Å². The van der Waals surface area contributed by atoms with E-state index in [1.807, 2.05) is 5.32 Å². The summed E-state index contributed by atoms with van der Waals surface area (Å²) >= 11 is 5.78. The van der Waals surface area contributed by atoms with E-state index in [9.17, 15) is 73.2 Å². The third-order valence-corrected chi connectivity index (χ3v) is 12.0. The predicted octanol–water partition coefficient (Wildman–Crippen LogP) is -5.08. The van der Waals surface area contributed by atoms with Gasteiger partial charge in [-0.25, -0.2) is 9.97 Å². The highest BCUT2D eigenvalue weighted by atomic mass is 35.5. The Hall–Kier alpha value is -9.27. The molecule has 2 aromatic carbocycles. The number of aliphatic carboxylic acids is 1. The number of nitrogens with one attached hydrogen (secondary N) is 9. The number of phenols is 2. The Morgan fingerprint density at radius 3 is 1.60 bits per heavy atom. The van der Waals surface area contributed by atoms with E-state index < -0.39 is 157 Å². The maximum Gasteiger partial charge on any atom is 0.303 e. The normalized spacial score (nSPS) is 14.5. The number of aliphatic hydroxyl groups is 2. The summed E-state index contributed by atoms with van der Waals surface area (Å²) in [5.74, 6) is -13.3. The van der Waals surface area contributed by atoms with E-state index in [1.54, 1.807) is 13.8 Å². The van der Waals surface area contributed by atoms with Gasteiger partial charge in [-0.2, -0.15) is 4.99 Å². The monoisotopic (exact) mass is 1180 g/mol. The van der Waals surface area contributed by atoms with Gasteiger partial charge in [0.2, 0.25) is 59.1 Å². The lowest BCUT2D eigenvalue weighted by Crippen LogP contribution is -2.61. The number of rotatable bonds is 29. The van der Waals surface area contributed by atoms with Gasteiger partial charge in [0.1, 0.15) is 53.8 Å². The molecular formula is C50H69ClN16O16. The van der Waals surface area contributed by atoms with Crippen LogP contribution in [0.2, 0.25) is 5.15 Å². The van der Waals surface area contributed by atoms with Crippen LogP contribution < -0.4 is 70.8 Å². The van der Waals surface area contributed by atoms with Crippen molar-refractivity contribution in [1.29, 1.82) is 0 Å². The summed E-state index contributed by atoms with van der Waals surface area (Å²) < 4.78 is 0. The average Bonchev–Trinajstić information content (AvgIpc) is 3.41. The summed E-state index contributed by atoms with van der Waals surface area (Å²) in [6.45, 7) is 5.29. The van der Waals surface area contributed by atoms with Crippen molar-refractivity contribution in [3.63, 3.8) is 0 Å². The molecule has 32 nitrogen and oxygen atoms in total. The summed E-state index contributed by atoms with van der Waals surface area (Å²) in [6, 6.07) is -1.32. The molecule has 10 amide bonds. The fourth-order valence-electron chi connectivity index (χ4n) is 7.29. The van der Waals surface area contributed by atoms with Crippen molar-refractivity contribution < 1.29 is 78.3 Å². The molecular weight excluding hydrogens is 1120 g/mol. The lowest BCUT2D eigenvalue weighted by atomic mass is 10.0. The van der Waals surface area contributed by atoms with Crippen LogP contribution in [-0.2, 0) is 60.8 Å². The first-order valence-electron chi connectivity index (χ1n) is 25.4. The van der Waals surface area contributed by atoms with Gasteiger partial charge in [-0.15, -0.1) is 0 Å². The number of benzene rings is 2. The van der Waals surface area contributed by atoms with Crippen LogP contribution in [0.5, 0.6) is 11.5 Å². The average molecular weight is 1190 g/mol. The van der Waals surface area contributed by atoms with E-state index in [0.29, 0.717) is 11.1 Å². The second kappa shape index (κ2) is 32.2. The molecule has 22 N–H and O–H groups in total. The second-order valence-corrected chi connectivity index (χ2v) is 19.6. The molecule has 0 bridgehead atoms. The van der Waals surface area contributed by atoms with E-state index in [2.05, 4.69) is 57.5 Å². The van der Waals surface area contributed by atoms with Crippen LogP contribution in [0.1, 0.15) is 75.5 Å². The SMILES string of the molecule is CC(C)C[C@H](NC(=O)[C@H](CO)NC(=O)[C@@H](N)CCC(=O)O)C(=O)N[C@H](C)C(=O)N[C@@H](Cc1ccc(O)cc1)C(=O)N[C@@H](Cc1ccc(O)cc1)C(=O)N[C@H](C(=O)N[C@@H](C)C(=O)NCC(=O)NC(N)=NC(=O)c1nc(Cl)c(N)nc1N)[C@@H](C)O. The molecule has 0 unspecified atom stereocenters. The minimum absolute atomic E-state index is 0.0172. The van der Waals surface area contributed by atoms with Gasteiger partial charge in [-0.3, -0.25) is 58.1 Å². The fraction of sp³-hybridized carbons (Fsp3) is 0.440. The number of carboxylic acid groups (broad SMARTS) is 1. The van der Waals surface area contributed by atoms with Gasteiger partial charge < -0.3 is 91.0 Å². The number of amides is 10. The molecule has 452 valence electrons. The lowest BCUT2D eigenvalue weighted by Gasteiger charge is -2.28. The highest BCUT2D eigenvalue weighted by Gasteiger charge is 2.35. The molecule has 1 heterocycles. The molecule has 1 aromatic heterocycles. The summed E-state index contributed by atoms with van der Waals surface area (Å²) in [7, 11) is 0. The van der Waals surface area contributed by atoms with E-state index in [-0.39, 0.29) is 54.1 Å². The number of carbonyl (C=O) groups excluding carboxylic acids is 10. The molecule has 0 spiro atoms. The molecule has 33 heteroatoms. The van der Waals surface area contributed by atoms with Crippen molar-refractivity contribution in [1.82, 2.24) is 57.8 Å². The number of carbonyl (C=O) groups is 11. The first-order chi connectivity index (χ1) is 38.9. The molecule has 3 rings (SSSR count). The van der Waals surface area contributed by atoms with Crippen LogP contribution in [-0.4, -0.2) is 174 Å². The zero-order chi connectivity index (χ0) is 62.4. The Morgan fingerprint density at radius 1 is 0.614 bits per heavy atom. The van der Waals surface area contributed by atoms with Crippen LogP contribution >= 0.6 is 11.6 Å². The third-order valence-electron chi connectivity index (χ3n) is 11.8. The molecule has 0 saturated heterocycles. The molecule has 83 heavy (non-hydrogen) atoms. The largest absolute Gasteiger partial charge is 0.508 e. The number of nitrogens with two attached hydrogens (primary N) is 4. The fourth-order valence-corrected chi connectivity index (χ4v) is 7.41. The quantitative estimate of drug-likeness (QED) is 0.0228. The predicted molar refractivity (Wildman–Crippen MR) is 295 cm³/mol.